The second kappa shape index (κ2) is 17.1. The van der Waals surface area contributed by atoms with E-state index in [0.29, 0.717) is 35.7 Å². The first-order valence-corrected chi connectivity index (χ1v) is 23.2. The molecule has 0 radical (unpaired) electrons. The second-order valence-electron chi connectivity index (χ2n) is 19.2. The molecule has 6 rings (SSSR count). The van der Waals surface area contributed by atoms with E-state index in [-0.39, 0.29) is 21.3 Å². The number of likely N-dealkylation sites (tertiary alicyclic amines) is 2. The summed E-state index contributed by atoms with van der Waals surface area (Å²) in [7, 11) is 5.54. The molecule has 0 amide bonds. The van der Waals surface area contributed by atoms with Crippen molar-refractivity contribution in [3.8, 4) is 0 Å². The Morgan fingerprint density at radius 1 is 0.625 bits per heavy atom. The number of sulfone groups is 2. The van der Waals surface area contributed by atoms with Crippen LogP contribution in [0.15, 0.2) is 46.2 Å². The van der Waals surface area contributed by atoms with Gasteiger partial charge in [-0.25, -0.2) is 26.8 Å². The summed E-state index contributed by atoms with van der Waals surface area (Å²) in [4.78, 5) is 19.0. The minimum Gasteiger partial charge on any atom is -0.327 e. The van der Waals surface area contributed by atoms with Crippen LogP contribution in [-0.4, -0.2) is 148 Å². The summed E-state index contributed by atoms with van der Waals surface area (Å²) in [5.41, 5.74) is 3.82. The molecule has 12 nitrogen and oxygen atoms in total. The maximum atomic E-state index is 13.1. The largest absolute Gasteiger partial charge is 0.327 e. The lowest BCUT2D eigenvalue weighted by molar-refractivity contribution is 0.364. The van der Waals surface area contributed by atoms with E-state index in [2.05, 4.69) is 98.5 Å². The number of nitrogens with zero attached hydrogens (tertiary/aromatic N) is 8. The fraction of sp³-hybridized carbons (Fsp3) is 0.667. The van der Waals surface area contributed by atoms with Gasteiger partial charge in [-0.1, -0.05) is 41.5 Å². The molecule has 56 heavy (non-hydrogen) atoms. The predicted molar refractivity (Wildman–Crippen MR) is 229 cm³/mol. The maximum Gasteiger partial charge on any atom is 0.182 e. The number of rotatable bonds is 12. The van der Waals surface area contributed by atoms with Crippen LogP contribution in [-0.2, 0) is 45.6 Å². The van der Waals surface area contributed by atoms with Crippen LogP contribution in [0, 0.1) is 10.8 Å². The highest BCUT2D eigenvalue weighted by atomic mass is 32.2. The number of hydrogen-bond donors (Lipinski definition) is 0. The number of likely N-dealkylation sites (N-methyl/N-ethyl adjacent to an activating group) is 2. The van der Waals surface area contributed by atoms with E-state index in [4.69, 9.17) is 9.97 Å². The van der Waals surface area contributed by atoms with E-state index in [1.165, 1.54) is 0 Å². The minimum atomic E-state index is -3.33. The molecule has 312 valence electrons. The Hall–Kier alpha value is -2.88. The Bertz CT molecular complexity index is 2040. The third-order valence-corrected chi connectivity index (χ3v) is 15.1. The lowest BCUT2D eigenvalue weighted by Crippen LogP contribution is -2.25. The van der Waals surface area contributed by atoms with Crippen LogP contribution in [0.3, 0.4) is 0 Å². The molecule has 0 bridgehead atoms. The number of benzene rings is 2. The van der Waals surface area contributed by atoms with Crippen molar-refractivity contribution in [2.45, 2.75) is 101 Å². The molecule has 4 aromatic rings. The topological polar surface area (TPSA) is 117 Å². The van der Waals surface area contributed by atoms with Crippen molar-refractivity contribution in [1.29, 1.82) is 0 Å². The van der Waals surface area contributed by atoms with Crippen LogP contribution in [0.1, 0.15) is 66.0 Å². The maximum absolute atomic E-state index is 13.1. The van der Waals surface area contributed by atoms with Crippen molar-refractivity contribution >= 4 is 41.7 Å². The number of aromatic nitrogens is 4. The summed E-state index contributed by atoms with van der Waals surface area (Å²) < 4.78 is 56.9. The van der Waals surface area contributed by atoms with Crippen molar-refractivity contribution < 1.29 is 16.8 Å². The smallest absolute Gasteiger partial charge is 0.182 e. The summed E-state index contributed by atoms with van der Waals surface area (Å²) in [6, 6.07) is 11.0. The molecular weight excluding hydrogens is 745 g/mol. The SMILES string of the molecule is CN(C)CCn1c(CC(C)(C)C)nc2cc(S(=O)(=O)[C@H]3CCN(C)C3)ccc21.CN(C)CCn1c(CC(C)(C)C)nc2cc(S(=O)(=O)[C@H]3CCN(C)C3)ccc21. The van der Waals surface area contributed by atoms with Gasteiger partial charge in [0, 0.05) is 52.1 Å². The summed E-state index contributed by atoms with van der Waals surface area (Å²) in [6.45, 7) is 19.6. The Morgan fingerprint density at radius 3 is 1.27 bits per heavy atom. The predicted octanol–water partition coefficient (Wildman–Crippen LogP) is 5.33. The van der Waals surface area contributed by atoms with E-state index in [0.717, 1.165) is 85.8 Å². The third kappa shape index (κ3) is 10.8. The molecular formula is C42H68N8O4S2. The van der Waals surface area contributed by atoms with Gasteiger partial charge in [0.05, 0.1) is 42.4 Å². The number of imidazole rings is 2. The highest BCUT2D eigenvalue weighted by Crippen LogP contribution is 2.31. The summed E-state index contributed by atoms with van der Waals surface area (Å²) in [6.07, 6.45) is 3.10. The van der Waals surface area contributed by atoms with E-state index in [1.807, 2.05) is 26.2 Å². The first kappa shape index (κ1) is 44.2. The van der Waals surface area contributed by atoms with Crippen LogP contribution in [0.4, 0.5) is 0 Å². The van der Waals surface area contributed by atoms with Gasteiger partial charge in [-0.15, -0.1) is 0 Å². The molecule has 0 N–H and O–H groups in total. The van der Waals surface area contributed by atoms with Gasteiger partial charge in [-0.3, -0.25) is 0 Å². The molecule has 0 spiro atoms. The second-order valence-corrected chi connectivity index (χ2v) is 23.6. The molecule has 4 heterocycles. The van der Waals surface area contributed by atoms with Gasteiger partial charge in [-0.05, 0) is 115 Å². The monoisotopic (exact) mass is 812 g/mol. The van der Waals surface area contributed by atoms with Crippen molar-refractivity contribution in [3.63, 3.8) is 0 Å². The zero-order valence-corrected chi connectivity index (χ0v) is 37.8. The Kier molecular flexibility index (Phi) is 13.5. The Labute approximate surface area is 337 Å². The van der Waals surface area contributed by atoms with Crippen LogP contribution in [0.2, 0.25) is 0 Å². The quantitative estimate of drug-likeness (QED) is 0.186. The lowest BCUT2D eigenvalue weighted by atomic mass is 9.92. The molecule has 2 aromatic carbocycles. The Morgan fingerprint density at radius 2 is 0.982 bits per heavy atom. The highest BCUT2D eigenvalue weighted by molar-refractivity contribution is 7.92. The molecule has 2 aliphatic rings. The van der Waals surface area contributed by atoms with Gasteiger partial charge in [0.2, 0.25) is 0 Å². The molecule has 0 aliphatic carbocycles. The zero-order chi connectivity index (χ0) is 41.4. The minimum absolute atomic E-state index is 0.112. The van der Waals surface area contributed by atoms with Crippen LogP contribution in [0.5, 0.6) is 0 Å². The molecule has 2 saturated heterocycles. The molecule has 0 unspecified atom stereocenters. The van der Waals surface area contributed by atoms with Crippen LogP contribution < -0.4 is 0 Å². The van der Waals surface area contributed by atoms with Crippen molar-refractivity contribution in [2.24, 2.45) is 10.8 Å². The average molecular weight is 813 g/mol. The fourth-order valence-electron chi connectivity index (χ4n) is 7.67. The third-order valence-electron chi connectivity index (χ3n) is 10.7. The zero-order valence-electron chi connectivity index (χ0n) is 36.1. The van der Waals surface area contributed by atoms with Crippen LogP contribution >= 0.6 is 0 Å². The van der Waals surface area contributed by atoms with Gasteiger partial charge in [0.25, 0.3) is 0 Å². The van der Waals surface area contributed by atoms with Gasteiger partial charge < -0.3 is 28.7 Å². The van der Waals surface area contributed by atoms with Crippen molar-refractivity contribution in [2.75, 3.05) is 81.6 Å². The van der Waals surface area contributed by atoms with E-state index < -0.39 is 19.7 Å². The molecule has 0 saturated carbocycles. The van der Waals surface area contributed by atoms with Gasteiger partial charge in [-0.2, -0.15) is 0 Å². The summed E-state index contributed by atoms with van der Waals surface area (Å²) in [5.74, 6) is 2.05. The van der Waals surface area contributed by atoms with Gasteiger partial charge in [0.15, 0.2) is 19.7 Å². The lowest BCUT2D eigenvalue weighted by Gasteiger charge is -2.19. The number of hydrogen-bond acceptors (Lipinski definition) is 10. The van der Waals surface area contributed by atoms with E-state index in [1.54, 1.807) is 24.3 Å². The summed E-state index contributed by atoms with van der Waals surface area (Å²) >= 11 is 0. The summed E-state index contributed by atoms with van der Waals surface area (Å²) in [5, 5.41) is -0.639. The molecule has 2 atom stereocenters. The van der Waals surface area contributed by atoms with E-state index >= 15 is 0 Å². The first-order valence-electron chi connectivity index (χ1n) is 20.1. The standard InChI is InChI=1S/2C21H34N4O2S/c2*1-21(2,3)14-20-22-18-13-16(28(26,27)17-9-10-24(6)15-17)7-8-19(18)25(20)12-11-23(4)5/h2*7-8,13,17H,9-12,14-15H2,1-6H3/t2*17-/m00/s1. The molecule has 2 aromatic heterocycles. The van der Waals surface area contributed by atoms with Gasteiger partial charge >= 0.3 is 0 Å². The molecule has 2 aliphatic heterocycles. The molecule has 2 fully saturated rings. The first-order chi connectivity index (χ1) is 25.9. The number of fused-ring (bicyclic) bond motifs is 2. The average Bonchev–Trinajstić information content (AvgIpc) is 3.86. The molecule has 14 heteroatoms. The van der Waals surface area contributed by atoms with Crippen molar-refractivity contribution in [3.05, 3.63) is 48.0 Å². The van der Waals surface area contributed by atoms with Crippen LogP contribution in [0.25, 0.3) is 22.1 Å². The van der Waals surface area contributed by atoms with Gasteiger partial charge in [0.1, 0.15) is 11.6 Å². The fourth-order valence-corrected chi connectivity index (χ4v) is 11.2. The normalized spacial score (nSPS) is 19.2. The Balaban J connectivity index is 0.000000214. The van der Waals surface area contributed by atoms with E-state index in [9.17, 15) is 16.8 Å². The highest BCUT2D eigenvalue weighted by Gasteiger charge is 2.34. The van der Waals surface area contributed by atoms with Crippen molar-refractivity contribution in [1.82, 2.24) is 38.7 Å².